The molecule has 0 radical (unpaired) electrons. The molecule has 2 aromatic rings. The van der Waals surface area contributed by atoms with Gasteiger partial charge in [0.05, 0.1) is 24.5 Å². The molecule has 0 aliphatic carbocycles. The van der Waals surface area contributed by atoms with E-state index in [1.807, 2.05) is 35.4 Å². The minimum Gasteiger partial charge on any atom is -0.361 e. The zero-order chi connectivity index (χ0) is 20.9. The third-order valence-corrected chi connectivity index (χ3v) is 6.83. The molecule has 4 atom stereocenters. The van der Waals surface area contributed by atoms with Crippen molar-refractivity contribution in [1.29, 1.82) is 0 Å². The summed E-state index contributed by atoms with van der Waals surface area (Å²) in [4.78, 5) is 31.4. The van der Waals surface area contributed by atoms with Gasteiger partial charge in [0.1, 0.15) is 5.60 Å². The fraction of sp³-hybridized carbons (Fsp3) is 0.500. The van der Waals surface area contributed by atoms with Crippen molar-refractivity contribution in [1.82, 2.24) is 15.2 Å². The number of H-pyrrole nitrogens is 1. The number of likely N-dealkylation sites (tertiary alicyclic amines) is 1. The summed E-state index contributed by atoms with van der Waals surface area (Å²) in [6.07, 6.45) is 7.44. The van der Waals surface area contributed by atoms with E-state index >= 15 is 0 Å². The van der Waals surface area contributed by atoms with Gasteiger partial charge in [0, 0.05) is 30.2 Å². The van der Waals surface area contributed by atoms with Crippen molar-refractivity contribution in [3.63, 3.8) is 0 Å². The lowest BCUT2D eigenvalue weighted by atomic mass is 9.77. The molecule has 30 heavy (non-hydrogen) atoms. The van der Waals surface area contributed by atoms with Crippen molar-refractivity contribution in [2.24, 2.45) is 17.8 Å². The second kappa shape index (κ2) is 7.27. The fourth-order valence-corrected chi connectivity index (χ4v) is 5.26. The number of para-hydroxylation sites is 1. The maximum atomic E-state index is 13.3. The van der Waals surface area contributed by atoms with Crippen LogP contribution in [-0.4, -0.2) is 53.0 Å². The molecule has 4 heterocycles. The van der Waals surface area contributed by atoms with E-state index in [-0.39, 0.29) is 17.9 Å². The van der Waals surface area contributed by atoms with Crippen LogP contribution in [0, 0.1) is 17.8 Å². The molecule has 1 spiro atoms. The average molecular weight is 408 g/mol. The van der Waals surface area contributed by atoms with Crippen LogP contribution >= 0.6 is 0 Å². The number of nitrogens with one attached hydrogen (secondary N) is 2. The third kappa shape index (κ3) is 3.05. The largest absolute Gasteiger partial charge is 0.361 e. The van der Waals surface area contributed by atoms with Gasteiger partial charge in [0.2, 0.25) is 11.8 Å². The molecule has 3 aliphatic heterocycles. The summed E-state index contributed by atoms with van der Waals surface area (Å²) in [6.45, 7) is 6.07. The predicted octanol–water partition coefficient (Wildman–Crippen LogP) is 2.65. The molecule has 3 aliphatic rings. The number of fused-ring (bicyclic) bond motifs is 2. The van der Waals surface area contributed by atoms with Gasteiger partial charge in [-0.1, -0.05) is 44.2 Å². The summed E-state index contributed by atoms with van der Waals surface area (Å²) >= 11 is 0. The summed E-state index contributed by atoms with van der Waals surface area (Å²) in [5.41, 5.74) is 1.68. The van der Waals surface area contributed by atoms with Gasteiger partial charge in [-0.15, -0.1) is 0 Å². The number of rotatable bonds is 7. The molecule has 2 fully saturated rings. The Hall–Kier alpha value is -2.60. The highest BCUT2D eigenvalue weighted by Crippen LogP contribution is 2.51. The molecule has 5 rings (SSSR count). The van der Waals surface area contributed by atoms with Crippen LogP contribution in [0.5, 0.6) is 0 Å². The molecule has 2 bridgehead atoms. The molecule has 6 heteroatoms. The predicted molar refractivity (Wildman–Crippen MR) is 115 cm³/mol. The number of aromatic amines is 1. The second-order valence-electron chi connectivity index (χ2n) is 9.24. The molecule has 2 amide bonds. The monoisotopic (exact) mass is 407 g/mol. The summed E-state index contributed by atoms with van der Waals surface area (Å²) in [5.74, 6) is -0.308. The second-order valence-corrected chi connectivity index (χ2v) is 9.24. The van der Waals surface area contributed by atoms with Crippen molar-refractivity contribution in [3.05, 3.63) is 48.2 Å². The normalized spacial score (nSPS) is 29.4. The molecule has 158 valence electrons. The molecular formula is C24H29N3O3. The number of hydrogen-bond acceptors (Lipinski definition) is 3. The smallest absolute Gasteiger partial charge is 0.230 e. The minimum absolute atomic E-state index is 0.0469. The number of aromatic nitrogens is 1. The number of amides is 2. The highest BCUT2D eigenvalue weighted by atomic mass is 16.5. The maximum absolute atomic E-state index is 13.3. The minimum atomic E-state index is -0.637. The van der Waals surface area contributed by atoms with Crippen LogP contribution in [-0.2, 0) is 20.7 Å². The summed E-state index contributed by atoms with van der Waals surface area (Å²) in [7, 11) is 0. The van der Waals surface area contributed by atoms with E-state index in [0.717, 1.165) is 18.4 Å². The van der Waals surface area contributed by atoms with Crippen LogP contribution in [0.15, 0.2) is 42.6 Å². The Kier molecular flexibility index (Phi) is 4.69. The quantitative estimate of drug-likeness (QED) is 0.693. The van der Waals surface area contributed by atoms with Crippen molar-refractivity contribution in [2.75, 3.05) is 19.6 Å². The van der Waals surface area contributed by atoms with E-state index in [9.17, 15) is 9.59 Å². The van der Waals surface area contributed by atoms with E-state index in [1.54, 1.807) is 0 Å². The first-order chi connectivity index (χ1) is 14.5. The Balaban J connectivity index is 1.29. The van der Waals surface area contributed by atoms with Crippen LogP contribution in [0.25, 0.3) is 10.9 Å². The lowest BCUT2D eigenvalue weighted by Gasteiger charge is -2.23. The van der Waals surface area contributed by atoms with Gasteiger partial charge in [-0.05, 0) is 30.4 Å². The number of hydrogen-bond donors (Lipinski definition) is 2. The van der Waals surface area contributed by atoms with Gasteiger partial charge in [0.25, 0.3) is 0 Å². The highest BCUT2D eigenvalue weighted by Gasteiger charge is 2.66. The first kappa shape index (κ1) is 19.4. The third-order valence-electron chi connectivity index (χ3n) is 6.83. The summed E-state index contributed by atoms with van der Waals surface area (Å²) in [6, 6.07) is 8.21. The Morgan fingerprint density at radius 3 is 3.03 bits per heavy atom. The van der Waals surface area contributed by atoms with E-state index in [0.29, 0.717) is 25.6 Å². The van der Waals surface area contributed by atoms with Gasteiger partial charge in [-0.3, -0.25) is 9.59 Å². The van der Waals surface area contributed by atoms with E-state index < -0.39 is 17.4 Å². The fourth-order valence-electron chi connectivity index (χ4n) is 5.26. The van der Waals surface area contributed by atoms with Crippen LogP contribution in [0.2, 0.25) is 0 Å². The molecule has 1 aromatic heterocycles. The number of benzene rings is 1. The number of nitrogens with zero attached hydrogens (tertiary/aromatic N) is 1. The molecule has 2 saturated heterocycles. The molecular weight excluding hydrogens is 378 g/mol. The summed E-state index contributed by atoms with van der Waals surface area (Å²) in [5, 5.41) is 4.23. The van der Waals surface area contributed by atoms with E-state index in [1.165, 1.54) is 10.9 Å². The zero-order valence-electron chi connectivity index (χ0n) is 17.6. The van der Waals surface area contributed by atoms with E-state index in [2.05, 4.69) is 36.3 Å². The topological polar surface area (TPSA) is 74.4 Å². The Morgan fingerprint density at radius 1 is 1.37 bits per heavy atom. The Labute approximate surface area is 176 Å². The number of ether oxygens (including phenoxy) is 1. The van der Waals surface area contributed by atoms with Gasteiger partial charge in [-0.2, -0.15) is 0 Å². The van der Waals surface area contributed by atoms with Crippen molar-refractivity contribution >= 4 is 22.7 Å². The first-order valence-corrected chi connectivity index (χ1v) is 11.0. The number of carbonyl (C=O) groups is 2. The lowest BCUT2D eigenvalue weighted by molar-refractivity contribution is -0.137. The van der Waals surface area contributed by atoms with Crippen LogP contribution < -0.4 is 5.32 Å². The van der Waals surface area contributed by atoms with Gasteiger partial charge in [-0.25, -0.2) is 0 Å². The van der Waals surface area contributed by atoms with Crippen molar-refractivity contribution in [2.45, 2.75) is 38.4 Å². The standard InChI is InChI=1S/C24H29N3O3/c1-15(2)8-11-25-22(28)20-19-7-10-24(30-19)14-27(23(29)21(20)24)12-9-16-13-26-18-6-4-3-5-17(16)18/h3-7,10,13,15,19-21,26H,8-9,11-12,14H2,1-2H3,(H,25,28)/t19-,20+,21+,24-/m1/s1. The molecule has 0 unspecified atom stereocenters. The Bertz CT molecular complexity index is 1010. The molecule has 6 nitrogen and oxygen atoms in total. The molecule has 2 N–H and O–H groups in total. The van der Waals surface area contributed by atoms with Crippen molar-refractivity contribution in [3.8, 4) is 0 Å². The van der Waals surface area contributed by atoms with Crippen molar-refractivity contribution < 1.29 is 14.3 Å². The molecule has 1 aromatic carbocycles. The summed E-state index contributed by atoms with van der Waals surface area (Å²) < 4.78 is 6.21. The number of carbonyl (C=O) groups excluding carboxylic acids is 2. The van der Waals surface area contributed by atoms with Gasteiger partial charge in [0.15, 0.2) is 0 Å². The molecule has 0 saturated carbocycles. The maximum Gasteiger partial charge on any atom is 0.230 e. The first-order valence-electron chi connectivity index (χ1n) is 11.0. The average Bonchev–Trinajstić information content (AvgIpc) is 3.46. The van der Waals surface area contributed by atoms with Gasteiger partial charge < -0.3 is 19.9 Å². The van der Waals surface area contributed by atoms with Crippen LogP contribution in [0.1, 0.15) is 25.8 Å². The van der Waals surface area contributed by atoms with Crippen LogP contribution in [0.3, 0.4) is 0 Å². The lowest BCUT2D eigenvalue weighted by Crippen LogP contribution is -2.44. The van der Waals surface area contributed by atoms with Gasteiger partial charge >= 0.3 is 0 Å². The van der Waals surface area contributed by atoms with Crippen LogP contribution in [0.4, 0.5) is 0 Å². The Morgan fingerprint density at radius 2 is 2.20 bits per heavy atom. The van der Waals surface area contributed by atoms with E-state index in [4.69, 9.17) is 4.74 Å². The SMILES string of the molecule is CC(C)CCNC(=O)[C@@H]1[C@H]2C(=O)N(CCc3c[nH]c4ccccc34)C[C@]23C=C[C@H]1O3. The highest BCUT2D eigenvalue weighted by molar-refractivity contribution is 5.93. The zero-order valence-corrected chi connectivity index (χ0v) is 17.6.